The average molecular weight is 508 g/mol. The largest absolute Gasteiger partial charge is 0.388 e. The van der Waals surface area contributed by atoms with Gasteiger partial charge in [0.1, 0.15) is 17.0 Å². The number of nitrogens with two attached hydrogens (primary N) is 1. The van der Waals surface area contributed by atoms with Crippen molar-refractivity contribution in [3.05, 3.63) is 35.0 Å². The highest BCUT2D eigenvalue weighted by atomic mass is 35.5. The number of ether oxygens (including phenoxy) is 1. The van der Waals surface area contributed by atoms with Gasteiger partial charge in [-0.1, -0.05) is 11.6 Å². The molecule has 0 spiro atoms. The molecule has 2 fully saturated rings. The molecule has 35 heavy (non-hydrogen) atoms. The molecule has 0 radical (unpaired) electrons. The number of nitrogens with one attached hydrogen (secondary N) is 2. The van der Waals surface area contributed by atoms with E-state index in [-0.39, 0.29) is 47.4 Å². The number of anilines is 3. The van der Waals surface area contributed by atoms with Gasteiger partial charge < -0.3 is 26.2 Å². The lowest BCUT2D eigenvalue weighted by Crippen LogP contribution is -2.32. The van der Waals surface area contributed by atoms with Crippen molar-refractivity contribution >= 4 is 46.3 Å². The summed E-state index contributed by atoms with van der Waals surface area (Å²) >= 11 is 5.86. The molecule has 10 nitrogen and oxygen atoms in total. The summed E-state index contributed by atoms with van der Waals surface area (Å²) in [6, 6.07) is 1.67. The molecule has 5 N–H and O–H groups in total. The summed E-state index contributed by atoms with van der Waals surface area (Å²) in [4.78, 5) is 25.0. The fourth-order valence-corrected chi connectivity index (χ4v) is 4.77. The SMILES string of the molecule is NC(=O)[C@H]1CC[C@H](n2c(Nc3c(F)ccc(Cl)c3F)nc3cnc(N[C@H]4COC[C@@H]4O)nc32)CC1. The van der Waals surface area contributed by atoms with Crippen LogP contribution in [0.5, 0.6) is 0 Å². The Morgan fingerprint density at radius 1 is 1.20 bits per heavy atom. The maximum absolute atomic E-state index is 14.6. The van der Waals surface area contributed by atoms with Crippen LogP contribution in [0.3, 0.4) is 0 Å². The van der Waals surface area contributed by atoms with Crippen molar-refractivity contribution in [3.63, 3.8) is 0 Å². The normalized spacial score (nSPS) is 24.6. The molecule has 5 rings (SSSR count). The zero-order valence-corrected chi connectivity index (χ0v) is 19.3. The third-order valence-corrected chi connectivity index (χ3v) is 6.83. The number of aliphatic hydroxyl groups is 1. The molecule has 1 aromatic carbocycles. The second-order valence-electron chi connectivity index (χ2n) is 8.81. The van der Waals surface area contributed by atoms with Gasteiger partial charge in [-0.05, 0) is 37.8 Å². The van der Waals surface area contributed by atoms with Crippen molar-refractivity contribution in [1.82, 2.24) is 19.5 Å². The highest BCUT2D eigenvalue weighted by Gasteiger charge is 2.31. The number of aromatic nitrogens is 4. The van der Waals surface area contributed by atoms with Crippen LogP contribution in [0.15, 0.2) is 18.3 Å². The highest BCUT2D eigenvalue weighted by Crippen LogP contribution is 2.38. The number of rotatable bonds is 6. The van der Waals surface area contributed by atoms with Crippen molar-refractivity contribution in [2.24, 2.45) is 11.7 Å². The smallest absolute Gasteiger partial charge is 0.225 e. The summed E-state index contributed by atoms with van der Waals surface area (Å²) in [6.07, 6.45) is 3.12. The zero-order valence-electron chi connectivity index (χ0n) is 18.5. The molecule has 13 heteroatoms. The third kappa shape index (κ3) is 4.60. The van der Waals surface area contributed by atoms with Crippen LogP contribution >= 0.6 is 11.6 Å². The minimum absolute atomic E-state index is 0.161. The van der Waals surface area contributed by atoms with Crippen LogP contribution < -0.4 is 16.4 Å². The lowest BCUT2D eigenvalue weighted by Gasteiger charge is -2.29. The first-order valence-corrected chi connectivity index (χ1v) is 11.7. The van der Waals surface area contributed by atoms with E-state index >= 15 is 0 Å². The van der Waals surface area contributed by atoms with Crippen molar-refractivity contribution < 1.29 is 23.4 Å². The molecule has 1 aliphatic carbocycles. The second-order valence-corrected chi connectivity index (χ2v) is 9.22. The maximum Gasteiger partial charge on any atom is 0.225 e. The van der Waals surface area contributed by atoms with Crippen molar-refractivity contribution in [2.75, 3.05) is 23.8 Å². The molecule has 1 aliphatic heterocycles. The Labute approximate surface area is 203 Å². The first kappa shape index (κ1) is 23.6. The van der Waals surface area contributed by atoms with E-state index in [2.05, 4.69) is 25.6 Å². The van der Waals surface area contributed by atoms with Gasteiger partial charge in [0, 0.05) is 12.0 Å². The molecule has 1 amide bonds. The standard InChI is InChI=1S/C22H24ClF2N7O3/c23-12-5-6-13(24)18(17(12)25)30-22-29-14-7-27-21(28-15-8-35-9-16(15)33)31-20(14)32(22)11-3-1-10(2-4-11)19(26)34/h5-7,10-11,15-16,33H,1-4,8-9H2,(H2,26,34)(H,29,30)(H,27,28,31)/t10-,11-,15-,16-/m0/s1. The van der Waals surface area contributed by atoms with E-state index in [1.807, 2.05) is 0 Å². The van der Waals surface area contributed by atoms with Gasteiger partial charge in [0.05, 0.1) is 36.6 Å². The van der Waals surface area contributed by atoms with E-state index in [9.17, 15) is 18.7 Å². The Morgan fingerprint density at radius 3 is 2.66 bits per heavy atom. The number of aliphatic hydroxyl groups excluding tert-OH is 1. The molecule has 2 aliphatic rings. The van der Waals surface area contributed by atoms with Crippen LogP contribution in [-0.2, 0) is 9.53 Å². The molecule has 0 unspecified atom stereocenters. The predicted molar refractivity (Wildman–Crippen MR) is 124 cm³/mol. The Hall–Kier alpha value is -3.09. The number of benzene rings is 1. The number of hydrogen-bond donors (Lipinski definition) is 4. The fraction of sp³-hybridized carbons (Fsp3) is 0.455. The maximum atomic E-state index is 14.6. The van der Waals surface area contributed by atoms with Gasteiger partial charge in [-0.2, -0.15) is 4.98 Å². The number of carbonyl (C=O) groups excluding carboxylic acids is 1. The topological polar surface area (TPSA) is 140 Å². The van der Waals surface area contributed by atoms with E-state index in [1.54, 1.807) is 4.57 Å². The van der Waals surface area contributed by atoms with E-state index in [1.165, 1.54) is 6.20 Å². The number of halogens is 3. The van der Waals surface area contributed by atoms with Crippen LogP contribution in [0.1, 0.15) is 31.7 Å². The van der Waals surface area contributed by atoms with Crippen LogP contribution in [0.4, 0.5) is 26.4 Å². The van der Waals surface area contributed by atoms with Gasteiger partial charge in [0.15, 0.2) is 11.5 Å². The summed E-state index contributed by atoms with van der Waals surface area (Å²) in [5.41, 5.74) is 5.89. The Kier molecular flexibility index (Phi) is 6.43. The molecule has 1 saturated heterocycles. The Morgan fingerprint density at radius 2 is 1.97 bits per heavy atom. The van der Waals surface area contributed by atoms with E-state index in [0.717, 1.165) is 12.1 Å². The first-order chi connectivity index (χ1) is 16.8. The second kappa shape index (κ2) is 9.51. The lowest BCUT2D eigenvalue weighted by atomic mass is 9.85. The molecule has 3 aromatic rings. The zero-order chi connectivity index (χ0) is 24.7. The quantitative estimate of drug-likeness (QED) is 0.373. The van der Waals surface area contributed by atoms with E-state index in [0.29, 0.717) is 43.5 Å². The van der Waals surface area contributed by atoms with Gasteiger partial charge >= 0.3 is 0 Å². The number of imidazole rings is 1. The number of primary amides is 1. The van der Waals surface area contributed by atoms with Crippen LogP contribution in [0.2, 0.25) is 5.02 Å². The summed E-state index contributed by atoms with van der Waals surface area (Å²) in [6.45, 7) is 0.519. The van der Waals surface area contributed by atoms with E-state index < -0.39 is 23.4 Å². The molecular formula is C22H24ClF2N7O3. The summed E-state index contributed by atoms with van der Waals surface area (Å²) in [5, 5.41) is 15.6. The van der Waals surface area contributed by atoms with Crippen molar-refractivity contribution in [1.29, 1.82) is 0 Å². The van der Waals surface area contributed by atoms with Gasteiger partial charge in [-0.15, -0.1) is 0 Å². The third-order valence-electron chi connectivity index (χ3n) is 6.54. The predicted octanol–water partition coefficient (Wildman–Crippen LogP) is 2.89. The highest BCUT2D eigenvalue weighted by molar-refractivity contribution is 6.31. The van der Waals surface area contributed by atoms with Crippen molar-refractivity contribution in [2.45, 2.75) is 43.9 Å². The summed E-state index contributed by atoms with van der Waals surface area (Å²) in [5.74, 6) is -1.91. The van der Waals surface area contributed by atoms with Gasteiger partial charge in [-0.25, -0.2) is 18.7 Å². The van der Waals surface area contributed by atoms with Gasteiger partial charge in [0.2, 0.25) is 17.8 Å². The number of amides is 1. The van der Waals surface area contributed by atoms with Gasteiger partial charge in [0.25, 0.3) is 0 Å². The molecule has 2 atom stereocenters. The van der Waals surface area contributed by atoms with Crippen LogP contribution in [-0.4, -0.2) is 55.9 Å². The summed E-state index contributed by atoms with van der Waals surface area (Å²) < 4.78 is 36.2. The van der Waals surface area contributed by atoms with Crippen molar-refractivity contribution in [3.8, 4) is 0 Å². The number of nitrogens with zero attached hydrogens (tertiary/aromatic N) is 4. The number of hydrogen-bond acceptors (Lipinski definition) is 8. The molecular weight excluding hydrogens is 484 g/mol. The monoisotopic (exact) mass is 507 g/mol. The molecule has 1 saturated carbocycles. The van der Waals surface area contributed by atoms with Crippen LogP contribution in [0.25, 0.3) is 11.2 Å². The Balaban J connectivity index is 1.54. The molecule has 0 bridgehead atoms. The Bertz CT molecular complexity index is 1270. The number of fused-ring (bicyclic) bond motifs is 1. The van der Waals surface area contributed by atoms with E-state index in [4.69, 9.17) is 22.1 Å². The molecule has 186 valence electrons. The summed E-state index contributed by atoms with van der Waals surface area (Å²) in [7, 11) is 0. The van der Waals surface area contributed by atoms with Gasteiger partial charge in [-0.3, -0.25) is 9.36 Å². The molecule has 2 aromatic heterocycles. The van der Waals surface area contributed by atoms with Crippen LogP contribution in [0, 0.1) is 17.6 Å². The first-order valence-electron chi connectivity index (χ1n) is 11.3. The number of carbonyl (C=O) groups is 1. The minimum Gasteiger partial charge on any atom is -0.388 e. The molecule has 3 heterocycles. The lowest BCUT2D eigenvalue weighted by molar-refractivity contribution is -0.122. The average Bonchev–Trinajstić information content (AvgIpc) is 3.41. The minimum atomic E-state index is -0.939. The fourth-order valence-electron chi connectivity index (χ4n) is 4.61.